The summed E-state index contributed by atoms with van der Waals surface area (Å²) < 4.78 is 39.0. The lowest BCUT2D eigenvalue weighted by Gasteiger charge is -2.27. The molecule has 0 bridgehead atoms. The van der Waals surface area contributed by atoms with E-state index in [0.29, 0.717) is 52.6 Å². The van der Waals surface area contributed by atoms with Gasteiger partial charge in [0.25, 0.3) is 0 Å². The van der Waals surface area contributed by atoms with E-state index in [1.165, 1.54) is 33.5 Å². The second-order valence-electron chi connectivity index (χ2n) is 9.87. The molecule has 3 aromatic rings. The van der Waals surface area contributed by atoms with Gasteiger partial charge in [0.2, 0.25) is 11.6 Å². The van der Waals surface area contributed by atoms with Gasteiger partial charge in [-0.25, -0.2) is 4.79 Å². The van der Waals surface area contributed by atoms with Crippen LogP contribution in [0.15, 0.2) is 60.0 Å². The summed E-state index contributed by atoms with van der Waals surface area (Å²) in [7, 11) is 5.96. The Hall–Kier alpha value is -5.04. The van der Waals surface area contributed by atoms with Gasteiger partial charge in [-0.05, 0) is 48.2 Å². The second-order valence-corrected chi connectivity index (χ2v) is 9.87. The average molecular weight is 575 g/mol. The van der Waals surface area contributed by atoms with Crippen LogP contribution in [0.25, 0.3) is 0 Å². The summed E-state index contributed by atoms with van der Waals surface area (Å²) in [5, 5.41) is 9.97. The summed E-state index contributed by atoms with van der Waals surface area (Å²) >= 11 is 0. The molecule has 0 spiro atoms. The van der Waals surface area contributed by atoms with E-state index in [4.69, 9.17) is 38.9 Å². The third kappa shape index (κ3) is 6.15. The van der Waals surface area contributed by atoms with Crippen molar-refractivity contribution in [2.24, 2.45) is 11.7 Å². The van der Waals surface area contributed by atoms with Crippen LogP contribution in [0.2, 0.25) is 0 Å². The third-order valence-corrected chi connectivity index (χ3v) is 6.78. The Balaban J connectivity index is 1.65. The molecule has 0 aliphatic carbocycles. The number of nitriles is 1. The zero-order chi connectivity index (χ0) is 30.4. The molecule has 42 heavy (non-hydrogen) atoms. The molecule has 4 rings (SSSR count). The largest absolute Gasteiger partial charge is 0.493 e. The lowest BCUT2D eigenvalue weighted by Crippen LogP contribution is -2.21. The number of ether oxygens (including phenoxy) is 7. The summed E-state index contributed by atoms with van der Waals surface area (Å²) in [5.74, 6) is 1.96. The van der Waals surface area contributed by atoms with E-state index >= 15 is 0 Å². The first-order valence-electron chi connectivity index (χ1n) is 13.3. The molecule has 1 aliphatic heterocycles. The molecule has 0 saturated carbocycles. The van der Waals surface area contributed by atoms with E-state index in [-0.39, 0.29) is 22.8 Å². The number of methoxy groups -OCH3 is 4. The van der Waals surface area contributed by atoms with E-state index in [1.54, 1.807) is 25.3 Å². The van der Waals surface area contributed by atoms with Crippen molar-refractivity contribution < 1.29 is 38.0 Å². The molecule has 0 fully saturated rings. The predicted octanol–water partition coefficient (Wildman–Crippen LogP) is 5.58. The first kappa shape index (κ1) is 29.9. The van der Waals surface area contributed by atoms with E-state index in [1.807, 2.05) is 18.2 Å². The minimum atomic E-state index is -0.652. The monoisotopic (exact) mass is 574 g/mol. The second kappa shape index (κ2) is 13.1. The highest BCUT2D eigenvalue weighted by molar-refractivity contribution is 5.92. The number of carbonyl (C=O) groups excluding carboxylic acids is 1. The van der Waals surface area contributed by atoms with Crippen molar-refractivity contribution in [1.82, 2.24) is 0 Å². The number of hydrogen-bond acceptors (Lipinski definition) is 10. The third-order valence-electron chi connectivity index (χ3n) is 6.78. The summed E-state index contributed by atoms with van der Waals surface area (Å²) in [4.78, 5) is 13.1. The number of rotatable bonds is 11. The maximum atomic E-state index is 13.1. The minimum absolute atomic E-state index is 0.0423. The number of carbonyl (C=O) groups is 1. The van der Waals surface area contributed by atoms with Crippen molar-refractivity contribution in [2.75, 3.05) is 35.0 Å². The van der Waals surface area contributed by atoms with Crippen LogP contribution >= 0.6 is 0 Å². The molecule has 1 aliphatic rings. The average Bonchev–Trinajstić information content (AvgIpc) is 2.99. The Morgan fingerprint density at radius 3 is 2.21 bits per heavy atom. The Morgan fingerprint density at radius 1 is 0.929 bits per heavy atom. The van der Waals surface area contributed by atoms with Crippen molar-refractivity contribution >= 4 is 5.97 Å². The predicted molar refractivity (Wildman–Crippen MR) is 155 cm³/mol. The number of nitrogens with zero attached hydrogens (tertiary/aromatic N) is 1. The quantitative estimate of drug-likeness (QED) is 0.229. The first-order chi connectivity index (χ1) is 20.2. The smallest absolute Gasteiger partial charge is 0.343 e. The summed E-state index contributed by atoms with van der Waals surface area (Å²) in [6, 6.07) is 15.6. The normalized spacial score (nSPS) is 13.9. The highest BCUT2D eigenvalue weighted by Crippen LogP contribution is 2.45. The van der Waals surface area contributed by atoms with Crippen LogP contribution in [-0.4, -0.2) is 41.0 Å². The molecule has 0 radical (unpaired) electrons. The zero-order valence-electron chi connectivity index (χ0n) is 24.5. The van der Waals surface area contributed by atoms with Crippen molar-refractivity contribution in [3.63, 3.8) is 0 Å². The highest BCUT2D eigenvalue weighted by atomic mass is 16.5. The van der Waals surface area contributed by atoms with Gasteiger partial charge in [0.1, 0.15) is 23.1 Å². The van der Waals surface area contributed by atoms with Gasteiger partial charge in [0.05, 0.1) is 46.5 Å². The lowest BCUT2D eigenvalue weighted by atomic mass is 9.83. The van der Waals surface area contributed by atoms with Gasteiger partial charge in [0.15, 0.2) is 23.0 Å². The Morgan fingerprint density at radius 2 is 1.62 bits per heavy atom. The van der Waals surface area contributed by atoms with Crippen LogP contribution in [0.5, 0.6) is 40.2 Å². The Labute approximate surface area is 245 Å². The van der Waals surface area contributed by atoms with Crippen LogP contribution in [0, 0.1) is 17.2 Å². The van der Waals surface area contributed by atoms with Gasteiger partial charge < -0.3 is 38.9 Å². The lowest BCUT2D eigenvalue weighted by molar-refractivity contribution is 0.0733. The summed E-state index contributed by atoms with van der Waals surface area (Å²) in [5.41, 5.74) is 8.06. The van der Waals surface area contributed by atoms with Crippen LogP contribution in [0.4, 0.5) is 0 Å². The van der Waals surface area contributed by atoms with E-state index < -0.39 is 11.9 Å². The standard InChI is InChI=1S/C32H34N2O8/c1-18(2)11-12-40-24-10-7-19(13-26(24)36-3)29-22-9-8-21(16-25(22)42-31(34)23(29)17-33)41-32(35)20-14-27(37-4)30(39-6)28(15-20)38-5/h7-10,13-16,18,29H,11-12,34H2,1-6H3. The highest BCUT2D eigenvalue weighted by Gasteiger charge is 2.32. The molecular formula is C32H34N2O8. The molecule has 0 aromatic heterocycles. The number of esters is 1. The van der Waals surface area contributed by atoms with Crippen LogP contribution in [-0.2, 0) is 0 Å². The molecule has 10 nitrogen and oxygen atoms in total. The molecule has 1 heterocycles. The fraction of sp³-hybridized carbons (Fsp3) is 0.312. The molecule has 1 atom stereocenters. The van der Waals surface area contributed by atoms with Crippen molar-refractivity contribution in [1.29, 1.82) is 5.26 Å². The molecule has 3 aromatic carbocycles. The van der Waals surface area contributed by atoms with Crippen LogP contribution < -0.4 is 38.9 Å². The molecule has 2 N–H and O–H groups in total. The van der Waals surface area contributed by atoms with Gasteiger partial charge in [0, 0.05) is 11.6 Å². The topological polar surface area (TPSA) is 131 Å². The maximum absolute atomic E-state index is 13.1. The first-order valence-corrected chi connectivity index (χ1v) is 13.3. The number of hydrogen-bond donors (Lipinski definition) is 1. The van der Waals surface area contributed by atoms with Gasteiger partial charge in [-0.15, -0.1) is 0 Å². The van der Waals surface area contributed by atoms with E-state index in [2.05, 4.69) is 19.9 Å². The van der Waals surface area contributed by atoms with Crippen LogP contribution in [0.3, 0.4) is 0 Å². The van der Waals surface area contributed by atoms with Gasteiger partial charge in [-0.3, -0.25) is 0 Å². The Kier molecular flexibility index (Phi) is 9.32. The minimum Gasteiger partial charge on any atom is -0.493 e. The molecule has 0 saturated heterocycles. The molecule has 0 amide bonds. The fourth-order valence-electron chi connectivity index (χ4n) is 4.59. The summed E-state index contributed by atoms with van der Waals surface area (Å²) in [6.45, 7) is 4.82. The molecule has 220 valence electrons. The maximum Gasteiger partial charge on any atom is 0.343 e. The number of allylic oxidation sites excluding steroid dienone is 1. The zero-order valence-corrected chi connectivity index (χ0v) is 24.5. The van der Waals surface area contributed by atoms with Gasteiger partial charge in [-0.1, -0.05) is 26.0 Å². The number of benzene rings is 3. The molecular weight excluding hydrogens is 540 g/mol. The van der Waals surface area contributed by atoms with Crippen molar-refractivity contribution in [2.45, 2.75) is 26.2 Å². The Bertz CT molecular complexity index is 1510. The van der Waals surface area contributed by atoms with E-state index in [0.717, 1.165) is 12.0 Å². The van der Waals surface area contributed by atoms with Crippen molar-refractivity contribution in [3.05, 3.63) is 76.7 Å². The fourth-order valence-corrected chi connectivity index (χ4v) is 4.59. The molecule has 1 unspecified atom stereocenters. The summed E-state index contributed by atoms with van der Waals surface area (Å²) in [6.07, 6.45) is 0.905. The molecule has 10 heteroatoms. The van der Waals surface area contributed by atoms with Gasteiger partial charge >= 0.3 is 5.97 Å². The number of fused-ring (bicyclic) bond motifs is 1. The van der Waals surface area contributed by atoms with E-state index in [9.17, 15) is 10.1 Å². The van der Waals surface area contributed by atoms with Crippen molar-refractivity contribution in [3.8, 4) is 46.3 Å². The SMILES string of the molecule is COc1cc(C2C(C#N)=C(N)Oc3cc(OC(=O)c4cc(OC)c(OC)c(OC)c4)ccc32)ccc1OCCC(C)C. The van der Waals surface area contributed by atoms with Crippen LogP contribution in [0.1, 0.15) is 47.7 Å². The van der Waals surface area contributed by atoms with Gasteiger partial charge in [-0.2, -0.15) is 5.26 Å². The number of nitrogens with two attached hydrogens (primary N) is 1.